The largest absolute Gasteiger partial charge is 0.399 e. The van der Waals surface area contributed by atoms with E-state index in [2.05, 4.69) is 4.98 Å². The number of nitrogen functional groups attached to an aromatic ring is 1. The highest BCUT2D eigenvalue weighted by molar-refractivity contribution is 5.41. The van der Waals surface area contributed by atoms with E-state index in [1.165, 1.54) is 35.3 Å². The molecular weight excluding hydrogens is 209 g/mol. The van der Waals surface area contributed by atoms with Gasteiger partial charge in [-0.2, -0.15) is 0 Å². The molecule has 0 radical (unpaired) electrons. The van der Waals surface area contributed by atoms with E-state index in [1.54, 1.807) is 6.07 Å². The van der Waals surface area contributed by atoms with Gasteiger partial charge in [-0.3, -0.25) is 9.36 Å². The molecule has 1 aromatic heterocycles. The van der Waals surface area contributed by atoms with Crippen molar-refractivity contribution in [3.63, 3.8) is 0 Å². The summed E-state index contributed by atoms with van der Waals surface area (Å²) in [5.41, 5.74) is 6.30. The van der Waals surface area contributed by atoms with Crippen LogP contribution in [0.3, 0.4) is 0 Å². The van der Waals surface area contributed by atoms with Crippen LogP contribution in [0.15, 0.2) is 41.6 Å². The highest BCUT2D eigenvalue weighted by Crippen LogP contribution is 2.11. The summed E-state index contributed by atoms with van der Waals surface area (Å²) in [4.78, 5) is 15.2. The predicted molar refractivity (Wildman–Crippen MR) is 58.4 cm³/mol. The molecule has 82 valence electrons. The molecule has 2 aromatic rings. The smallest absolute Gasteiger partial charge is 0.253 e. The third-order valence-electron chi connectivity index (χ3n) is 2.13. The Kier molecular flexibility index (Phi) is 2.68. The fourth-order valence-electron chi connectivity index (χ4n) is 1.46. The zero-order valence-corrected chi connectivity index (χ0v) is 8.43. The van der Waals surface area contributed by atoms with Crippen LogP contribution >= 0.6 is 0 Å². The summed E-state index contributed by atoms with van der Waals surface area (Å²) in [6.07, 6.45) is 2.82. The summed E-state index contributed by atoms with van der Waals surface area (Å²) in [7, 11) is 0. The van der Waals surface area contributed by atoms with Crippen LogP contribution in [0.4, 0.5) is 10.1 Å². The lowest BCUT2D eigenvalue weighted by atomic mass is 10.2. The lowest BCUT2D eigenvalue weighted by molar-refractivity contribution is 0.623. The second kappa shape index (κ2) is 4.14. The first-order valence-corrected chi connectivity index (χ1v) is 4.70. The van der Waals surface area contributed by atoms with Gasteiger partial charge in [-0.1, -0.05) is 0 Å². The Bertz CT molecular complexity index is 545. The molecule has 2 rings (SSSR count). The van der Waals surface area contributed by atoms with E-state index in [1.807, 2.05) is 0 Å². The van der Waals surface area contributed by atoms with Crippen LogP contribution in [0.1, 0.15) is 5.56 Å². The number of rotatable bonds is 2. The molecular formula is C11H10FN3O. The van der Waals surface area contributed by atoms with Crippen LogP contribution in [0.2, 0.25) is 0 Å². The third-order valence-corrected chi connectivity index (χ3v) is 2.13. The minimum absolute atomic E-state index is 0.183. The van der Waals surface area contributed by atoms with Gasteiger partial charge in [-0.05, 0) is 23.8 Å². The first-order chi connectivity index (χ1) is 7.65. The maximum Gasteiger partial charge on any atom is 0.253 e. The molecule has 0 unspecified atom stereocenters. The van der Waals surface area contributed by atoms with Crippen molar-refractivity contribution in [1.82, 2.24) is 9.55 Å². The lowest BCUT2D eigenvalue weighted by Gasteiger charge is -2.05. The predicted octanol–water partition coefficient (Wildman–Crippen LogP) is 1.01. The molecule has 0 fully saturated rings. The number of nitrogens with two attached hydrogens (primary N) is 1. The molecule has 4 nitrogen and oxygen atoms in total. The molecule has 0 saturated heterocycles. The Balaban J connectivity index is 2.34. The molecule has 5 heteroatoms. The SMILES string of the molecule is Nc1cc(F)cc(Cn2cnccc2=O)c1. The van der Waals surface area contributed by atoms with Crippen LogP contribution in [0, 0.1) is 5.82 Å². The first kappa shape index (κ1) is 10.4. The zero-order chi connectivity index (χ0) is 11.5. The van der Waals surface area contributed by atoms with E-state index >= 15 is 0 Å². The van der Waals surface area contributed by atoms with Crippen LogP contribution in [-0.2, 0) is 6.54 Å². The average Bonchev–Trinajstić information content (AvgIpc) is 2.20. The van der Waals surface area contributed by atoms with Gasteiger partial charge < -0.3 is 5.73 Å². The Morgan fingerprint density at radius 1 is 1.38 bits per heavy atom. The summed E-state index contributed by atoms with van der Waals surface area (Å²) in [6, 6.07) is 5.55. The number of hydrogen-bond acceptors (Lipinski definition) is 3. The molecule has 16 heavy (non-hydrogen) atoms. The molecule has 2 N–H and O–H groups in total. The fourth-order valence-corrected chi connectivity index (χ4v) is 1.46. The van der Waals surface area contributed by atoms with Crippen molar-refractivity contribution in [2.24, 2.45) is 0 Å². The maximum absolute atomic E-state index is 13.0. The highest BCUT2D eigenvalue weighted by Gasteiger charge is 2.01. The molecule has 0 aliphatic carbocycles. The van der Waals surface area contributed by atoms with Gasteiger partial charge in [-0.15, -0.1) is 0 Å². The minimum atomic E-state index is -0.410. The first-order valence-electron chi connectivity index (χ1n) is 4.70. The number of halogens is 1. The normalized spacial score (nSPS) is 10.3. The summed E-state index contributed by atoms with van der Waals surface area (Å²) in [5, 5.41) is 0. The summed E-state index contributed by atoms with van der Waals surface area (Å²) < 4.78 is 14.4. The summed E-state index contributed by atoms with van der Waals surface area (Å²) in [6.45, 7) is 0.259. The second-order valence-electron chi connectivity index (χ2n) is 3.44. The number of anilines is 1. The van der Waals surface area contributed by atoms with Gasteiger partial charge >= 0.3 is 0 Å². The monoisotopic (exact) mass is 219 g/mol. The molecule has 0 amide bonds. The summed E-state index contributed by atoms with van der Waals surface area (Å²) in [5.74, 6) is -0.410. The van der Waals surface area contributed by atoms with Crippen molar-refractivity contribution in [2.45, 2.75) is 6.54 Å². The van der Waals surface area contributed by atoms with Crippen LogP contribution in [-0.4, -0.2) is 9.55 Å². The van der Waals surface area contributed by atoms with Gasteiger partial charge in [0.25, 0.3) is 5.56 Å². The van der Waals surface area contributed by atoms with E-state index in [0.29, 0.717) is 11.3 Å². The molecule has 1 aromatic carbocycles. The Morgan fingerprint density at radius 3 is 2.88 bits per heavy atom. The maximum atomic E-state index is 13.0. The highest BCUT2D eigenvalue weighted by atomic mass is 19.1. The fraction of sp³-hybridized carbons (Fsp3) is 0.0909. The standard InChI is InChI=1S/C11H10FN3O/c12-9-3-8(4-10(13)5-9)6-15-7-14-2-1-11(15)16/h1-5,7H,6,13H2. The Morgan fingerprint density at radius 2 is 2.19 bits per heavy atom. The number of hydrogen-bond donors (Lipinski definition) is 1. The van der Waals surface area contributed by atoms with E-state index in [4.69, 9.17) is 5.73 Å². The van der Waals surface area contributed by atoms with E-state index in [9.17, 15) is 9.18 Å². The lowest BCUT2D eigenvalue weighted by Crippen LogP contribution is -2.19. The third kappa shape index (κ3) is 2.25. The second-order valence-corrected chi connectivity index (χ2v) is 3.44. The molecule has 0 aliphatic heterocycles. The van der Waals surface area contributed by atoms with E-state index in [0.717, 1.165) is 0 Å². The quantitative estimate of drug-likeness (QED) is 0.767. The van der Waals surface area contributed by atoms with E-state index in [-0.39, 0.29) is 12.1 Å². The van der Waals surface area contributed by atoms with Gasteiger partial charge in [-0.25, -0.2) is 9.37 Å². The van der Waals surface area contributed by atoms with Crippen molar-refractivity contribution >= 4 is 5.69 Å². The minimum Gasteiger partial charge on any atom is -0.399 e. The van der Waals surface area contributed by atoms with Crippen LogP contribution in [0.5, 0.6) is 0 Å². The van der Waals surface area contributed by atoms with Crippen molar-refractivity contribution in [3.05, 3.63) is 58.5 Å². The van der Waals surface area contributed by atoms with Gasteiger partial charge in [0.15, 0.2) is 0 Å². The number of benzene rings is 1. The number of aromatic nitrogens is 2. The molecule has 0 spiro atoms. The van der Waals surface area contributed by atoms with E-state index < -0.39 is 5.82 Å². The van der Waals surface area contributed by atoms with Gasteiger partial charge in [0, 0.05) is 18.0 Å². The van der Waals surface area contributed by atoms with Crippen molar-refractivity contribution in [2.75, 3.05) is 5.73 Å². The van der Waals surface area contributed by atoms with Gasteiger partial charge in [0.1, 0.15) is 5.82 Å². The summed E-state index contributed by atoms with van der Waals surface area (Å²) >= 11 is 0. The van der Waals surface area contributed by atoms with Crippen molar-refractivity contribution in [3.8, 4) is 0 Å². The molecule has 1 heterocycles. The zero-order valence-electron chi connectivity index (χ0n) is 8.43. The Hall–Kier alpha value is -2.17. The van der Waals surface area contributed by atoms with Crippen LogP contribution < -0.4 is 11.3 Å². The molecule has 0 aliphatic rings. The van der Waals surface area contributed by atoms with Crippen molar-refractivity contribution in [1.29, 1.82) is 0 Å². The van der Waals surface area contributed by atoms with Gasteiger partial charge in [0.2, 0.25) is 0 Å². The Labute approximate surface area is 91.2 Å². The molecule has 0 saturated carbocycles. The number of nitrogens with zero attached hydrogens (tertiary/aromatic N) is 2. The molecule has 0 bridgehead atoms. The topological polar surface area (TPSA) is 60.9 Å². The van der Waals surface area contributed by atoms with Crippen LogP contribution in [0.25, 0.3) is 0 Å². The molecule has 0 atom stereocenters. The van der Waals surface area contributed by atoms with Gasteiger partial charge in [0.05, 0.1) is 12.9 Å². The average molecular weight is 219 g/mol. The van der Waals surface area contributed by atoms with Crippen molar-refractivity contribution < 1.29 is 4.39 Å².